The zero-order valence-electron chi connectivity index (χ0n) is 13.6. The highest BCUT2D eigenvalue weighted by Gasteiger charge is 2.49. The van der Waals surface area contributed by atoms with Gasteiger partial charge >= 0.3 is 12.1 Å². The molecule has 1 N–H and O–H groups in total. The maximum atomic E-state index is 13.4. The van der Waals surface area contributed by atoms with Crippen LogP contribution in [-0.2, 0) is 19.6 Å². The highest BCUT2D eigenvalue weighted by Crippen LogP contribution is 2.30. The molecule has 9 heteroatoms. The molecule has 24 heavy (non-hydrogen) atoms. The van der Waals surface area contributed by atoms with E-state index in [9.17, 15) is 26.4 Å². The van der Waals surface area contributed by atoms with Crippen molar-refractivity contribution in [1.29, 1.82) is 0 Å². The summed E-state index contributed by atoms with van der Waals surface area (Å²) < 4.78 is 70.6. The summed E-state index contributed by atoms with van der Waals surface area (Å²) in [5, 5.41) is 0. The molecule has 0 aliphatic rings. The summed E-state index contributed by atoms with van der Waals surface area (Å²) in [6, 6.07) is 2.80. The number of halogens is 3. The van der Waals surface area contributed by atoms with Crippen LogP contribution in [0.3, 0.4) is 0 Å². The molecule has 1 aromatic carbocycles. The lowest BCUT2D eigenvalue weighted by Gasteiger charge is -2.27. The molecular weight excluding hydrogens is 347 g/mol. The first kappa shape index (κ1) is 20.4. The molecule has 2 atom stereocenters. The highest BCUT2D eigenvalue weighted by molar-refractivity contribution is 7.89. The molecule has 0 bridgehead atoms. The molecule has 1 rings (SSSR count). The monoisotopic (exact) mass is 367 g/mol. The van der Waals surface area contributed by atoms with Gasteiger partial charge in [0.2, 0.25) is 10.0 Å². The first-order valence-corrected chi connectivity index (χ1v) is 8.74. The van der Waals surface area contributed by atoms with Crippen molar-refractivity contribution in [2.24, 2.45) is 5.92 Å². The number of nitrogens with one attached hydrogen (secondary N) is 1. The summed E-state index contributed by atoms with van der Waals surface area (Å²) in [4.78, 5) is 11.4. The van der Waals surface area contributed by atoms with Crippen molar-refractivity contribution in [2.45, 2.75) is 43.8 Å². The molecule has 5 nitrogen and oxygen atoms in total. The van der Waals surface area contributed by atoms with Gasteiger partial charge in [-0.3, -0.25) is 4.79 Å². The first-order valence-electron chi connectivity index (χ1n) is 7.26. The minimum absolute atomic E-state index is 0.159. The average Bonchev–Trinajstić information content (AvgIpc) is 2.49. The summed E-state index contributed by atoms with van der Waals surface area (Å²) in [6.07, 6.45) is -4.84. The maximum Gasteiger partial charge on any atom is 0.405 e. The predicted molar refractivity (Wildman–Crippen MR) is 81.8 cm³/mol. The number of alkyl halides is 3. The number of carbonyl (C=O) groups excluding carboxylic acids is 1. The van der Waals surface area contributed by atoms with E-state index in [-0.39, 0.29) is 17.7 Å². The molecule has 1 aromatic rings. The van der Waals surface area contributed by atoms with Crippen molar-refractivity contribution in [1.82, 2.24) is 4.72 Å². The summed E-state index contributed by atoms with van der Waals surface area (Å²) in [5.41, 5.74) is 0.764. The normalized spacial score (nSPS) is 14.9. The largest absolute Gasteiger partial charge is 0.469 e. The van der Waals surface area contributed by atoms with Crippen LogP contribution in [0.25, 0.3) is 0 Å². The number of hydrogen-bond donors (Lipinski definition) is 1. The molecule has 0 aromatic heterocycles. The molecule has 136 valence electrons. The number of rotatable bonds is 7. The van der Waals surface area contributed by atoms with E-state index < -0.39 is 34.1 Å². The van der Waals surface area contributed by atoms with Crippen molar-refractivity contribution in [3.8, 4) is 0 Å². The van der Waals surface area contributed by atoms with Crippen LogP contribution in [0.4, 0.5) is 13.2 Å². The van der Waals surface area contributed by atoms with E-state index >= 15 is 0 Å². The van der Waals surface area contributed by atoms with E-state index in [1.54, 1.807) is 18.6 Å². The summed E-state index contributed by atoms with van der Waals surface area (Å²) in [5.74, 6) is -2.76. The Hall–Kier alpha value is -1.61. The second-order valence-corrected chi connectivity index (χ2v) is 7.09. The van der Waals surface area contributed by atoms with Crippen molar-refractivity contribution in [3.63, 3.8) is 0 Å². The Morgan fingerprint density at radius 3 is 2.21 bits per heavy atom. The number of methoxy groups -OCH3 is 1. The summed E-state index contributed by atoms with van der Waals surface area (Å²) >= 11 is 0. The lowest BCUT2D eigenvalue weighted by atomic mass is 9.95. The Bertz CT molecular complexity index is 656. The fourth-order valence-corrected chi connectivity index (χ4v) is 3.48. The van der Waals surface area contributed by atoms with E-state index in [4.69, 9.17) is 0 Å². The molecule has 0 fully saturated rings. The van der Waals surface area contributed by atoms with Gasteiger partial charge in [0, 0.05) is 0 Å². The van der Waals surface area contributed by atoms with E-state index in [1.807, 2.05) is 0 Å². The van der Waals surface area contributed by atoms with Gasteiger partial charge in [0.05, 0.1) is 17.9 Å². The number of esters is 1. The van der Waals surface area contributed by atoms with Gasteiger partial charge in [-0.15, -0.1) is 0 Å². The Labute approximate surface area is 139 Å². The average molecular weight is 367 g/mol. The number of carbonyl (C=O) groups is 1. The van der Waals surface area contributed by atoms with Gasteiger partial charge in [-0.05, 0) is 25.5 Å². The van der Waals surface area contributed by atoms with Crippen LogP contribution in [0, 0.1) is 12.8 Å². The van der Waals surface area contributed by atoms with E-state index in [0.29, 0.717) is 0 Å². The van der Waals surface area contributed by atoms with Crippen LogP contribution in [0.1, 0.15) is 25.3 Å². The molecule has 0 radical (unpaired) electrons. The van der Waals surface area contributed by atoms with Crippen molar-refractivity contribution >= 4 is 16.0 Å². The zero-order valence-corrected chi connectivity index (χ0v) is 14.4. The molecule has 0 aliphatic heterocycles. The van der Waals surface area contributed by atoms with Crippen LogP contribution in [0.15, 0.2) is 29.2 Å². The quantitative estimate of drug-likeness (QED) is 0.752. The van der Waals surface area contributed by atoms with Crippen LogP contribution in [-0.4, -0.2) is 33.7 Å². The summed E-state index contributed by atoms with van der Waals surface area (Å²) in [7, 11) is -3.48. The number of aryl methyl sites for hydroxylation is 1. The van der Waals surface area contributed by atoms with Gasteiger partial charge in [0.25, 0.3) is 0 Å². The Kier molecular flexibility index (Phi) is 6.79. The Morgan fingerprint density at radius 2 is 1.79 bits per heavy atom. The Morgan fingerprint density at radius 1 is 1.25 bits per heavy atom. The SMILES string of the molecule is CCC[C@H](C(=O)OC)[C@@H](NS(=O)(=O)c1ccc(C)cc1)C(F)(F)F. The van der Waals surface area contributed by atoms with Crippen molar-refractivity contribution in [3.05, 3.63) is 29.8 Å². The van der Waals surface area contributed by atoms with Gasteiger partial charge in [0.15, 0.2) is 0 Å². The van der Waals surface area contributed by atoms with Gasteiger partial charge < -0.3 is 4.74 Å². The van der Waals surface area contributed by atoms with E-state index in [0.717, 1.165) is 12.7 Å². The first-order chi connectivity index (χ1) is 11.0. The van der Waals surface area contributed by atoms with Gasteiger partial charge in [-0.25, -0.2) is 8.42 Å². The third-order valence-corrected chi connectivity index (χ3v) is 4.93. The molecule has 0 amide bonds. The molecule has 0 heterocycles. The number of benzene rings is 1. The summed E-state index contributed by atoms with van der Waals surface area (Å²) in [6.45, 7) is 3.31. The topological polar surface area (TPSA) is 72.5 Å². The van der Waals surface area contributed by atoms with Crippen molar-refractivity contribution in [2.75, 3.05) is 7.11 Å². The number of sulfonamides is 1. The minimum atomic E-state index is -4.94. The molecule has 0 saturated heterocycles. The maximum absolute atomic E-state index is 13.4. The van der Waals surface area contributed by atoms with Crippen LogP contribution < -0.4 is 4.72 Å². The molecule has 0 aliphatic carbocycles. The third-order valence-electron chi connectivity index (χ3n) is 3.47. The molecule has 0 unspecified atom stereocenters. The van der Waals surface area contributed by atoms with E-state index in [1.165, 1.54) is 24.3 Å². The molecule has 0 saturated carbocycles. The van der Waals surface area contributed by atoms with Gasteiger partial charge in [-0.1, -0.05) is 31.0 Å². The van der Waals surface area contributed by atoms with E-state index in [2.05, 4.69) is 4.74 Å². The predicted octanol–water partition coefficient (Wildman–Crippen LogP) is 2.79. The number of hydrogen-bond acceptors (Lipinski definition) is 4. The standard InChI is InChI=1S/C15H20F3NO4S/c1-4-5-12(14(20)23-3)13(15(16,17)18)19-24(21,22)11-8-6-10(2)7-9-11/h6-9,12-13,19H,4-5H2,1-3H3/t12-,13+/m0/s1. The minimum Gasteiger partial charge on any atom is -0.469 e. The fraction of sp³-hybridized carbons (Fsp3) is 0.533. The second-order valence-electron chi connectivity index (χ2n) is 5.37. The lowest BCUT2D eigenvalue weighted by Crippen LogP contribution is -2.52. The van der Waals surface area contributed by atoms with Crippen LogP contribution >= 0.6 is 0 Å². The third kappa shape index (κ3) is 5.20. The lowest BCUT2D eigenvalue weighted by molar-refractivity contribution is -0.178. The van der Waals surface area contributed by atoms with Crippen molar-refractivity contribution < 1.29 is 31.1 Å². The van der Waals surface area contributed by atoms with Crippen LogP contribution in [0.5, 0.6) is 0 Å². The Balaban J connectivity index is 3.22. The van der Waals surface area contributed by atoms with Crippen LogP contribution in [0.2, 0.25) is 0 Å². The van der Waals surface area contributed by atoms with Gasteiger partial charge in [-0.2, -0.15) is 17.9 Å². The molecular formula is C15H20F3NO4S. The fourth-order valence-electron chi connectivity index (χ4n) is 2.21. The highest BCUT2D eigenvalue weighted by atomic mass is 32.2. The zero-order chi connectivity index (χ0) is 18.5. The molecule has 0 spiro atoms. The second kappa shape index (κ2) is 7.98. The van der Waals surface area contributed by atoms with Gasteiger partial charge in [0.1, 0.15) is 6.04 Å². The smallest absolute Gasteiger partial charge is 0.405 e. The number of ether oxygens (including phenoxy) is 1.